The molecule has 3 rings (SSSR count). The quantitative estimate of drug-likeness (QED) is 0.673. The number of hydrogen-bond acceptors (Lipinski definition) is 3. The van der Waals surface area contributed by atoms with Gasteiger partial charge in [0.15, 0.2) is 5.96 Å². The number of fused-ring (bicyclic) bond motifs is 1. The van der Waals surface area contributed by atoms with Crippen molar-refractivity contribution in [2.75, 3.05) is 7.05 Å². The van der Waals surface area contributed by atoms with Crippen molar-refractivity contribution < 1.29 is 0 Å². The molecule has 1 aliphatic rings. The molecule has 2 aromatic heterocycles. The Labute approximate surface area is 135 Å². The number of guanidine groups is 1. The smallest absolute Gasteiger partial charge is 0.191 e. The minimum absolute atomic E-state index is 0.711. The second-order valence-electron chi connectivity index (χ2n) is 5.59. The van der Waals surface area contributed by atoms with Crippen molar-refractivity contribution in [3.8, 4) is 0 Å². The predicted octanol–water partition coefficient (Wildman–Crippen LogP) is 2.45. The Morgan fingerprint density at radius 2 is 2.18 bits per heavy atom. The Balaban J connectivity index is 1.51. The molecule has 0 atom stereocenters. The summed E-state index contributed by atoms with van der Waals surface area (Å²) >= 11 is 1.81. The second-order valence-corrected chi connectivity index (χ2v) is 6.96. The van der Waals surface area contributed by atoms with E-state index in [0.717, 1.165) is 31.2 Å². The average molecular weight is 317 g/mol. The topological polar surface area (TPSA) is 54.2 Å². The fourth-order valence-electron chi connectivity index (χ4n) is 2.70. The van der Waals surface area contributed by atoms with Crippen molar-refractivity contribution in [3.63, 3.8) is 0 Å². The zero-order chi connectivity index (χ0) is 15.4. The van der Waals surface area contributed by atoms with Crippen LogP contribution < -0.4 is 10.6 Å². The summed E-state index contributed by atoms with van der Waals surface area (Å²) in [7, 11) is 1.80. The molecule has 0 spiro atoms. The van der Waals surface area contributed by atoms with E-state index in [0.29, 0.717) is 6.54 Å². The SMILES string of the molecule is CN=C(NCc1cn2c(n1)CCCC2)NCc1ccc(C)s1. The van der Waals surface area contributed by atoms with Crippen molar-refractivity contribution in [2.24, 2.45) is 4.99 Å². The van der Waals surface area contributed by atoms with Gasteiger partial charge in [0.1, 0.15) is 5.82 Å². The van der Waals surface area contributed by atoms with Crippen LogP contribution >= 0.6 is 11.3 Å². The first-order valence-corrected chi connectivity index (χ1v) is 8.61. The van der Waals surface area contributed by atoms with Gasteiger partial charge in [-0.1, -0.05) is 0 Å². The van der Waals surface area contributed by atoms with Gasteiger partial charge >= 0.3 is 0 Å². The second kappa shape index (κ2) is 6.96. The van der Waals surface area contributed by atoms with E-state index in [1.165, 1.54) is 28.4 Å². The molecule has 22 heavy (non-hydrogen) atoms. The molecule has 6 heteroatoms. The zero-order valence-electron chi connectivity index (χ0n) is 13.2. The Kier molecular flexibility index (Phi) is 4.77. The van der Waals surface area contributed by atoms with E-state index in [9.17, 15) is 0 Å². The molecule has 0 unspecified atom stereocenters. The molecule has 2 N–H and O–H groups in total. The van der Waals surface area contributed by atoms with Gasteiger partial charge in [-0.05, 0) is 31.9 Å². The molecular weight excluding hydrogens is 294 g/mol. The van der Waals surface area contributed by atoms with Crippen LogP contribution in [-0.2, 0) is 26.1 Å². The van der Waals surface area contributed by atoms with Gasteiger partial charge in [-0.3, -0.25) is 4.99 Å². The fourth-order valence-corrected chi connectivity index (χ4v) is 3.53. The van der Waals surface area contributed by atoms with Gasteiger partial charge in [-0.2, -0.15) is 0 Å². The Morgan fingerprint density at radius 1 is 1.32 bits per heavy atom. The summed E-state index contributed by atoms with van der Waals surface area (Å²) in [6.07, 6.45) is 5.79. The van der Waals surface area contributed by atoms with Crippen molar-refractivity contribution in [1.82, 2.24) is 20.2 Å². The Hall–Kier alpha value is -1.82. The minimum atomic E-state index is 0.711. The van der Waals surface area contributed by atoms with Crippen molar-refractivity contribution in [3.05, 3.63) is 39.6 Å². The highest BCUT2D eigenvalue weighted by atomic mass is 32.1. The summed E-state index contributed by atoms with van der Waals surface area (Å²) in [5.74, 6) is 2.04. The van der Waals surface area contributed by atoms with Crippen LogP contribution in [0, 0.1) is 6.92 Å². The van der Waals surface area contributed by atoms with Gasteiger partial charge in [-0.15, -0.1) is 11.3 Å². The van der Waals surface area contributed by atoms with Gasteiger partial charge in [0.05, 0.1) is 18.8 Å². The fraction of sp³-hybridized carbons (Fsp3) is 0.500. The summed E-state index contributed by atoms with van der Waals surface area (Å²) in [6, 6.07) is 4.30. The number of nitrogens with zero attached hydrogens (tertiary/aromatic N) is 3. The first-order chi connectivity index (χ1) is 10.7. The highest BCUT2D eigenvalue weighted by Gasteiger charge is 2.12. The van der Waals surface area contributed by atoms with Crippen LogP contribution in [0.4, 0.5) is 0 Å². The average Bonchev–Trinajstić information content (AvgIpc) is 3.13. The molecule has 3 heterocycles. The number of aliphatic imine (C=N–C) groups is 1. The number of hydrogen-bond donors (Lipinski definition) is 2. The van der Waals surface area contributed by atoms with Crippen molar-refractivity contribution in [2.45, 2.75) is 45.8 Å². The summed E-state index contributed by atoms with van der Waals surface area (Å²) in [5, 5.41) is 6.69. The third kappa shape index (κ3) is 3.68. The molecular formula is C16H23N5S. The Bertz CT molecular complexity index is 632. The van der Waals surface area contributed by atoms with Crippen LogP contribution in [0.25, 0.3) is 0 Å². The Morgan fingerprint density at radius 3 is 2.91 bits per heavy atom. The molecule has 5 nitrogen and oxygen atoms in total. The summed E-state index contributed by atoms with van der Waals surface area (Å²) in [5.41, 5.74) is 1.09. The van der Waals surface area contributed by atoms with Crippen LogP contribution in [0.15, 0.2) is 23.3 Å². The summed E-state index contributed by atoms with van der Waals surface area (Å²) in [4.78, 5) is 11.6. The van der Waals surface area contributed by atoms with E-state index >= 15 is 0 Å². The maximum atomic E-state index is 4.70. The highest BCUT2D eigenvalue weighted by Crippen LogP contribution is 2.15. The van der Waals surface area contributed by atoms with Gasteiger partial charge < -0.3 is 15.2 Å². The van der Waals surface area contributed by atoms with Gasteiger partial charge in [0.25, 0.3) is 0 Å². The number of aryl methyl sites for hydroxylation is 3. The van der Waals surface area contributed by atoms with E-state index in [-0.39, 0.29) is 0 Å². The van der Waals surface area contributed by atoms with Gasteiger partial charge in [-0.25, -0.2) is 4.98 Å². The largest absolute Gasteiger partial charge is 0.352 e. The molecule has 2 aromatic rings. The minimum Gasteiger partial charge on any atom is -0.352 e. The van der Waals surface area contributed by atoms with Crippen LogP contribution in [0.5, 0.6) is 0 Å². The van der Waals surface area contributed by atoms with Gasteiger partial charge in [0.2, 0.25) is 0 Å². The van der Waals surface area contributed by atoms with Crippen molar-refractivity contribution in [1.29, 1.82) is 0 Å². The lowest BCUT2D eigenvalue weighted by molar-refractivity contribution is 0.522. The van der Waals surface area contributed by atoms with E-state index in [1.54, 1.807) is 7.05 Å². The number of thiophene rings is 1. The molecule has 0 bridgehead atoms. The molecule has 0 saturated carbocycles. The number of imidazole rings is 1. The molecule has 0 aliphatic carbocycles. The van der Waals surface area contributed by atoms with Crippen LogP contribution in [0.2, 0.25) is 0 Å². The molecule has 0 fully saturated rings. The molecule has 0 amide bonds. The van der Waals surface area contributed by atoms with E-state index in [1.807, 2.05) is 11.3 Å². The van der Waals surface area contributed by atoms with Crippen LogP contribution in [0.1, 0.15) is 34.1 Å². The zero-order valence-corrected chi connectivity index (χ0v) is 14.0. The number of nitrogens with one attached hydrogen (secondary N) is 2. The monoisotopic (exact) mass is 317 g/mol. The maximum absolute atomic E-state index is 4.70. The summed E-state index contributed by atoms with van der Waals surface area (Å²) < 4.78 is 2.28. The molecule has 0 aromatic carbocycles. The first kappa shape index (κ1) is 15.1. The lowest BCUT2D eigenvalue weighted by Crippen LogP contribution is -2.36. The molecule has 118 valence electrons. The van der Waals surface area contributed by atoms with Crippen LogP contribution in [0.3, 0.4) is 0 Å². The number of aromatic nitrogens is 2. The van der Waals surface area contributed by atoms with E-state index in [2.05, 4.69) is 45.4 Å². The van der Waals surface area contributed by atoms with Gasteiger partial charge in [0, 0.05) is 36.0 Å². The van der Waals surface area contributed by atoms with Crippen molar-refractivity contribution >= 4 is 17.3 Å². The predicted molar refractivity (Wildman–Crippen MR) is 91.3 cm³/mol. The standard InChI is InChI=1S/C16H23N5S/c1-12-6-7-14(22-12)10-19-16(17-2)18-9-13-11-21-8-4-3-5-15(21)20-13/h6-7,11H,3-5,8-10H2,1-2H3,(H2,17,18,19). The third-order valence-electron chi connectivity index (χ3n) is 3.85. The molecule has 0 radical (unpaired) electrons. The maximum Gasteiger partial charge on any atom is 0.191 e. The third-order valence-corrected chi connectivity index (χ3v) is 4.85. The first-order valence-electron chi connectivity index (χ1n) is 7.79. The normalized spacial score (nSPS) is 14.7. The lowest BCUT2D eigenvalue weighted by atomic mass is 10.2. The molecule has 1 aliphatic heterocycles. The number of rotatable bonds is 4. The van der Waals surface area contributed by atoms with E-state index in [4.69, 9.17) is 4.98 Å². The molecule has 0 saturated heterocycles. The highest BCUT2D eigenvalue weighted by molar-refractivity contribution is 7.11. The van der Waals surface area contributed by atoms with Crippen LogP contribution in [-0.4, -0.2) is 22.6 Å². The lowest BCUT2D eigenvalue weighted by Gasteiger charge is -2.11. The van der Waals surface area contributed by atoms with E-state index < -0.39 is 0 Å². The summed E-state index contributed by atoms with van der Waals surface area (Å²) in [6.45, 7) is 4.75.